The van der Waals surface area contributed by atoms with E-state index in [2.05, 4.69) is 16.9 Å². The Kier molecular flexibility index (Phi) is 3.19. The van der Waals surface area contributed by atoms with Gasteiger partial charge in [0.1, 0.15) is 5.52 Å². The highest BCUT2D eigenvalue weighted by Crippen LogP contribution is 2.19. The van der Waals surface area contributed by atoms with Crippen LogP contribution in [-0.4, -0.2) is 16.6 Å². The van der Waals surface area contributed by atoms with E-state index in [1.807, 2.05) is 12.1 Å². The van der Waals surface area contributed by atoms with Gasteiger partial charge >= 0.3 is 0 Å². The molecule has 4 heteroatoms. The van der Waals surface area contributed by atoms with Crippen LogP contribution in [0.25, 0.3) is 11.0 Å². The largest absolute Gasteiger partial charge is 0.478 e. The van der Waals surface area contributed by atoms with Gasteiger partial charge in [-0.05, 0) is 18.6 Å². The Hall–Kier alpha value is -1.84. The summed E-state index contributed by atoms with van der Waals surface area (Å²) in [5, 5.41) is 0. The highest BCUT2D eigenvalue weighted by Gasteiger charge is 2.02. The zero-order valence-corrected chi connectivity index (χ0v) is 9.31. The van der Waals surface area contributed by atoms with Gasteiger partial charge in [0.05, 0.1) is 17.8 Å². The molecule has 2 heterocycles. The van der Waals surface area contributed by atoms with Crippen molar-refractivity contribution in [3.63, 3.8) is 0 Å². The van der Waals surface area contributed by atoms with Gasteiger partial charge in [0.15, 0.2) is 0 Å². The van der Waals surface area contributed by atoms with Gasteiger partial charge in [-0.3, -0.25) is 4.98 Å². The Morgan fingerprint density at radius 2 is 2.19 bits per heavy atom. The van der Waals surface area contributed by atoms with Gasteiger partial charge < -0.3 is 10.5 Å². The fourth-order valence-electron chi connectivity index (χ4n) is 1.43. The van der Waals surface area contributed by atoms with Gasteiger partial charge in [0.2, 0.25) is 5.88 Å². The second-order valence-corrected chi connectivity index (χ2v) is 3.62. The Balaban J connectivity index is 2.25. The molecule has 0 aliphatic rings. The molecule has 0 unspecified atom stereocenters. The molecule has 2 aromatic heterocycles. The minimum Gasteiger partial charge on any atom is -0.478 e. The van der Waals surface area contributed by atoms with Crippen molar-refractivity contribution in [3.05, 3.63) is 24.4 Å². The maximum absolute atomic E-state index is 5.82. The number of nitrogen functional groups attached to an aromatic ring is 1. The molecule has 0 atom stereocenters. The lowest BCUT2D eigenvalue weighted by atomic mass is 10.3. The van der Waals surface area contributed by atoms with Crippen molar-refractivity contribution < 1.29 is 4.74 Å². The van der Waals surface area contributed by atoms with E-state index in [-0.39, 0.29) is 0 Å². The Bertz CT molecular complexity index is 485. The molecule has 84 valence electrons. The molecule has 0 radical (unpaired) electrons. The van der Waals surface area contributed by atoms with Gasteiger partial charge in [-0.15, -0.1) is 0 Å². The van der Waals surface area contributed by atoms with Crippen molar-refractivity contribution in [1.29, 1.82) is 0 Å². The first-order valence-corrected chi connectivity index (χ1v) is 5.45. The van der Waals surface area contributed by atoms with Crippen LogP contribution in [0.1, 0.15) is 19.8 Å². The summed E-state index contributed by atoms with van der Waals surface area (Å²) in [5.41, 5.74) is 7.95. The average molecular weight is 217 g/mol. The number of ether oxygens (including phenoxy) is 1. The van der Waals surface area contributed by atoms with Crippen molar-refractivity contribution in [2.24, 2.45) is 0 Å². The maximum atomic E-state index is 5.82. The van der Waals surface area contributed by atoms with E-state index in [1.54, 1.807) is 12.3 Å². The SMILES string of the molecule is CCCCOc1ccc2nccc(N)c2n1. The van der Waals surface area contributed by atoms with Gasteiger partial charge in [-0.1, -0.05) is 13.3 Å². The molecule has 0 saturated heterocycles. The lowest BCUT2D eigenvalue weighted by Crippen LogP contribution is -1.99. The molecule has 0 saturated carbocycles. The second kappa shape index (κ2) is 4.79. The predicted molar refractivity (Wildman–Crippen MR) is 64.4 cm³/mol. The van der Waals surface area contributed by atoms with Crippen molar-refractivity contribution >= 4 is 16.7 Å². The van der Waals surface area contributed by atoms with E-state index in [0.717, 1.165) is 18.4 Å². The number of rotatable bonds is 4. The van der Waals surface area contributed by atoms with Crippen LogP contribution in [0.4, 0.5) is 5.69 Å². The summed E-state index contributed by atoms with van der Waals surface area (Å²) in [6.45, 7) is 2.81. The van der Waals surface area contributed by atoms with E-state index >= 15 is 0 Å². The third-order valence-corrected chi connectivity index (χ3v) is 2.34. The van der Waals surface area contributed by atoms with Crippen molar-refractivity contribution in [2.45, 2.75) is 19.8 Å². The van der Waals surface area contributed by atoms with Crippen LogP contribution in [0.5, 0.6) is 5.88 Å². The molecule has 4 nitrogen and oxygen atoms in total. The topological polar surface area (TPSA) is 61.0 Å². The molecule has 0 fully saturated rings. The Labute approximate surface area is 94.5 Å². The first kappa shape index (κ1) is 10.7. The minimum atomic E-state index is 0.612. The number of pyridine rings is 2. The summed E-state index contributed by atoms with van der Waals surface area (Å²) in [7, 11) is 0. The van der Waals surface area contributed by atoms with E-state index in [1.165, 1.54) is 0 Å². The Morgan fingerprint density at radius 1 is 1.31 bits per heavy atom. The van der Waals surface area contributed by atoms with E-state index in [9.17, 15) is 0 Å². The number of nitrogens with zero attached hydrogens (tertiary/aromatic N) is 2. The summed E-state index contributed by atoms with van der Waals surface area (Å²) < 4.78 is 5.52. The normalized spacial score (nSPS) is 10.6. The van der Waals surface area contributed by atoms with Crippen LogP contribution in [0.2, 0.25) is 0 Å². The lowest BCUT2D eigenvalue weighted by Gasteiger charge is -2.06. The smallest absolute Gasteiger partial charge is 0.213 e. The van der Waals surface area contributed by atoms with Crippen molar-refractivity contribution in [2.75, 3.05) is 12.3 Å². The molecule has 0 aromatic carbocycles. The van der Waals surface area contributed by atoms with Crippen LogP contribution in [0.15, 0.2) is 24.4 Å². The summed E-state index contributed by atoms with van der Waals surface area (Å²) in [4.78, 5) is 8.52. The van der Waals surface area contributed by atoms with Gasteiger partial charge in [0.25, 0.3) is 0 Å². The average Bonchev–Trinajstić information content (AvgIpc) is 2.30. The summed E-state index contributed by atoms with van der Waals surface area (Å²) >= 11 is 0. The molecule has 0 aliphatic carbocycles. The first-order valence-electron chi connectivity index (χ1n) is 5.45. The first-order chi connectivity index (χ1) is 7.81. The molecule has 0 aliphatic heterocycles. The number of fused-ring (bicyclic) bond motifs is 1. The van der Waals surface area contributed by atoms with Crippen LogP contribution in [-0.2, 0) is 0 Å². The van der Waals surface area contributed by atoms with Crippen LogP contribution in [0.3, 0.4) is 0 Å². The van der Waals surface area contributed by atoms with Gasteiger partial charge in [-0.2, -0.15) is 0 Å². The fraction of sp³-hybridized carbons (Fsp3) is 0.333. The molecular formula is C12H15N3O. The van der Waals surface area contributed by atoms with E-state index in [4.69, 9.17) is 10.5 Å². The molecule has 0 spiro atoms. The van der Waals surface area contributed by atoms with Gasteiger partial charge in [0, 0.05) is 12.3 Å². The molecule has 2 N–H and O–H groups in total. The molecule has 0 bridgehead atoms. The second-order valence-electron chi connectivity index (χ2n) is 3.62. The number of nitrogens with two attached hydrogens (primary N) is 1. The molecule has 2 rings (SSSR count). The fourth-order valence-corrected chi connectivity index (χ4v) is 1.43. The number of anilines is 1. The maximum Gasteiger partial charge on any atom is 0.213 e. The number of hydrogen-bond donors (Lipinski definition) is 1. The number of aromatic nitrogens is 2. The monoisotopic (exact) mass is 217 g/mol. The zero-order valence-electron chi connectivity index (χ0n) is 9.31. The number of hydrogen-bond acceptors (Lipinski definition) is 4. The number of unbranched alkanes of at least 4 members (excludes halogenated alkanes) is 1. The molecule has 16 heavy (non-hydrogen) atoms. The molecule has 2 aromatic rings. The standard InChI is InChI=1S/C12H15N3O/c1-2-3-8-16-11-5-4-10-12(15-11)9(13)6-7-14-10/h4-7H,2-3,8H2,1H3,(H2,13,14). The van der Waals surface area contributed by atoms with Gasteiger partial charge in [-0.25, -0.2) is 4.98 Å². The summed E-state index contributed by atoms with van der Waals surface area (Å²) in [6.07, 6.45) is 3.82. The van der Waals surface area contributed by atoms with Crippen LogP contribution >= 0.6 is 0 Å². The van der Waals surface area contributed by atoms with Crippen LogP contribution in [0, 0.1) is 0 Å². The van der Waals surface area contributed by atoms with E-state index in [0.29, 0.717) is 23.7 Å². The van der Waals surface area contributed by atoms with Crippen molar-refractivity contribution in [3.8, 4) is 5.88 Å². The van der Waals surface area contributed by atoms with Crippen LogP contribution < -0.4 is 10.5 Å². The molecule has 0 amide bonds. The highest BCUT2D eigenvalue weighted by atomic mass is 16.5. The lowest BCUT2D eigenvalue weighted by molar-refractivity contribution is 0.299. The Morgan fingerprint density at radius 3 is 3.00 bits per heavy atom. The summed E-state index contributed by atoms with van der Waals surface area (Å²) in [6, 6.07) is 5.44. The van der Waals surface area contributed by atoms with Crippen molar-refractivity contribution in [1.82, 2.24) is 9.97 Å². The minimum absolute atomic E-state index is 0.612. The predicted octanol–water partition coefficient (Wildman–Crippen LogP) is 2.39. The quantitative estimate of drug-likeness (QED) is 0.799. The zero-order chi connectivity index (χ0) is 11.4. The highest BCUT2D eigenvalue weighted by molar-refractivity contribution is 5.86. The summed E-state index contributed by atoms with van der Waals surface area (Å²) in [5.74, 6) is 0.612. The molecular weight excluding hydrogens is 202 g/mol. The third kappa shape index (κ3) is 2.21. The van der Waals surface area contributed by atoms with E-state index < -0.39 is 0 Å². The third-order valence-electron chi connectivity index (χ3n) is 2.34.